The number of nitro benzene ring substituents is 1. The molecule has 1 heterocycles. The molecule has 3 aromatic carbocycles. The van der Waals surface area contributed by atoms with E-state index < -0.39 is 23.3 Å². The van der Waals surface area contributed by atoms with Gasteiger partial charge in [0.25, 0.3) is 5.69 Å². The van der Waals surface area contributed by atoms with Crippen molar-refractivity contribution in [2.45, 2.75) is 0 Å². The van der Waals surface area contributed by atoms with E-state index in [0.717, 1.165) is 0 Å². The summed E-state index contributed by atoms with van der Waals surface area (Å²) < 4.78 is 5.27. The van der Waals surface area contributed by atoms with Gasteiger partial charge in [0.1, 0.15) is 0 Å². The number of ketones is 1. The summed E-state index contributed by atoms with van der Waals surface area (Å²) in [5.41, 5.74) is 1.86. The zero-order valence-electron chi connectivity index (χ0n) is 16.8. The third-order valence-electron chi connectivity index (χ3n) is 4.88. The molecule has 0 aliphatic carbocycles. The fourth-order valence-corrected chi connectivity index (χ4v) is 3.75. The number of nitro groups is 1. The number of fused-ring (bicyclic) bond motifs is 1. The summed E-state index contributed by atoms with van der Waals surface area (Å²) in [6, 6.07) is 18.6. The molecule has 0 aliphatic heterocycles. The molecule has 0 saturated heterocycles. The van der Waals surface area contributed by atoms with Crippen LogP contribution in [0.25, 0.3) is 22.2 Å². The van der Waals surface area contributed by atoms with Crippen LogP contribution in [0.15, 0.2) is 72.8 Å². The number of carbonyl (C=O) groups excluding carboxylic acids is 2. The third-order valence-corrected chi connectivity index (χ3v) is 5.43. The lowest BCUT2D eigenvalue weighted by molar-refractivity contribution is -0.384. The normalized spacial score (nSPS) is 10.7. The number of rotatable bonds is 6. The molecular formula is C24H14Cl2N2O5. The van der Waals surface area contributed by atoms with Gasteiger partial charge in [-0.05, 0) is 42.5 Å². The Kier molecular flexibility index (Phi) is 6.35. The van der Waals surface area contributed by atoms with Crippen LogP contribution in [0.5, 0.6) is 0 Å². The van der Waals surface area contributed by atoms with Crippen LogP contribution in [0.1, 0.15) is 20.7 Å². The second-order valence-electron chi connectivity index (χ2n) is 7.00. The first kappa shape index (κ1) is 22.4. The van der Waals surface area contributed by atoms with E-state index in [1.807, 2.05) is 0 Å². The standard InChI is InChI=1S/C24H14Cl2N2O5/c25-15-7-10-18(20(26)11-15)22-12-19(17-3-1-2-4-21(17)27-22)24(30)33-13-23(29)14-5-8-16(9-6-14)28(31)32/h1-12H,13H2. The highest BCUT2D eigenvalue weighted by molar-refractivity contribution is 6.36. The summed E-state index contributed by atoms with van der Waals surface area (Å²) in [6.07, 6.45) is 0. The number of pyridine rings is 1. The molecule has 0 saturated carbocycles. The molecule has 0 radical (unpaired) electrons. The van der Waals surface area contributed by atoms with Gasteiger partial charge in [0.2, 0.25) is 0 Å². The number of nitrogens with zero attached hydrogens (tertiary/aromatic N) is 2. The van der Waals surface area contributed by atoms with E-state index in [0.29, 0.717) is 32.2 Å². The van der Waals surface area contributed by atoms with Gasteiger partial charge in [-0.25, -0.2) is 9.78 Å². The number of benzene rings is 3. The van der Waals surface area contributed by atoms with Gasteiger partial charge in [-0.1, -0.05) is 41.4 Å². The van der Waals surface area contributed by atoms with E-state index in [9.17, 15) is 19.7 Å². The number of hydrogen-bond acceptors (Lipinski definition) is 6. The van der Waals surface area contributed by atoms with E-state index in [2.05, 4.69) is 4.98 Å². The van der Waals surface area contributed by atoms with Gasteiger partial charge in [0, 0.05) is 33.7 Å². The van der Waals surface area contributed by atoms with Crippen LogP contribution in [0.3, 0.4) is 0 Å². The molecular weight excluding hydrogens is 467 g/mol. The smallest absolute Gasteiger partial charge is 0.339 e. The van der Waals surface area contributed by atoms with Crippen LogP contribution in [0.2, 0.25) is 10.0 Å². The monoisotopic (exact) mass is 480 g/mol. The summed E-state index contributed by atoms with van der Waals surface area (Å²) >= 11 is 12.3. The van der Waals surface area contributed by atoms with E-state index in [4.69, 9.17) is 27.9 Å². The highest BCUT2D eigenvalue weighted by Gasteiger charge is 2.18. The Morgan fingerprint density at radius 2 is 1.70 bits per heavy atom. The van der Waals surface area contributed by atoms with Crippen LogP contribution in [-0.2, 0) is 4.74 Å². The van der Waals surface area contributed by atoms with Gasteiger partial charge in [-0.2, -0.15) is 0 Å². The highest BCUT2D eigenvalue weighted by atomic mass is 35.5. The number of para-hydroxylation sites is 1. The lowest BCUT2D eigenvalue weighted by Crippen LogP contribution is -2.15. The van der Waals surface area contributed by atoms with E-state index in [-0.39, 0.29) is 16.8 Å². The average molecular weight is 481 g/mol. The summed E-state index contributed by atoms with van der Waals surface area (Å²) in [6.45, 7) is -0.523. The zero-order valence-corrected chi connectivity index (χ0v) is 18.3. The summed E-state index contributed by atoms with van der Waals surface area (Å²) in [5, 5.41) is 12.2. The van der Waals surface area contributed by atoms with Crippen molar-refractivity contribution >= 4 is 51.5 Å². The zero-order chi connectivity index (χ0) is 23.5. The Hall–Kier alpha value is -3.81. The number of aromatic nitrogens is 1. The quantitative estimate of drug-likeness (QED) is 0.142. The van der Waals surface area contributed by atoms with Crippen molar-refractivity contribution in [3.05, 3.63) is 104 Å². The van der Waals surface area contributed by atoms with E-state index in [1.165, 1.54) is 24.3 Å². The van der Waals surface area contributed by atoms with Gasteiger partial charge in [-0.15, -0.1) is 0 Å². The molecule has 0 unspecified atom stereocenters. The molecule has 4 rings (SSSR count). The van der Waals surface area contributed by atoms with Crippen molar-refractivity contribution < 1.29 is 19.2 Å². The predicted octanol–water partition coefficient (Wildman–Crippen LogP) is 6.16. The van der Waals surface area contributed by atoms with Gasteiger partial charge < -0.3 is 4.74 Å². The fraction of sp³-hybridized carbons (Fsp3) is 0.0417. The van der Waals surface area contributed by atoms with Crippen molar-refractivity contribution in [3.63, 3.8) is 0 Å². The van der Waals surface area contributed by atoms with Crippen molar-refractivity contribution in [3.8, 4) is 11.3 Å². The van der Waals surface area contributed by atoms with Gasteiger partial charge in [-0.3, -0.25) is 14.9 Å². The fourth-order valence-electron chi connectivity index (χ4n) is 3.24. The molecule has 9 heteroatoms. The number of hydrogen-bond donors (Lipinski definition) is 0. The highest BCUT2D eigenvalue weighted by Crippen LogP contribution is 2.32. The number of esters is 1. The van der Waals surface area contributed by atoms with Crippen LogP contribution < -0.4 is 0 Å². The molecule has 164 valence electrons. The molecule has 0 spiro atoms. The minimum absolute atomic E-state index is 0.139. The topological polar surface area (TPSA) is 99.4 Å². The number of Topliss-reactive ketones (excluding diaryl/α,β-unsaturated/α-hetero) is 1. The Balaban J connectivity index is 1.62. The molecule has 0 amide bonds. The van der Waals surface area contributed by atoms with Crippen molar-refractivity contribution in [2.24, 2.45) is 0 Å². The predicted molar refractivity (Wildman–Crippen MR) is 125 cm³/mol. The van der Waals surface area contributed by atoms with E-state index >= 15 is 0 Å². The summed E-state index contributed by atoms with van der Waals surface area (Å²) in [4.78, 5) is 40.1. The molecule has 0 bridgehead atoms. The molecule has 1 aromatic heterocycles. The molecule has 0 atom stereocenters. The number of carbonyl (C=O) groups is 2. The Morgan fingerprint density at radius 3 is 2.39 bits per heavy atom. The molecule has 0 N–H and O–H groups in total. The Morgan fingerprint density at radius 1 is 0.970 bits per heavy atom. The molecule has 7 nitrogen and oxygen atoms in total. The van der Waals surface area contributed by atoms with Gasteiger partial charge >= 0.3 is 5.97 Å². The third kappa shape index (κ3) is 4.84. The van der Waals surface area contributed by atoms with Crippen molar-refractivity contribution in [1.29, 1.82) is 0 Å². The molecule has 0 fully saturated rings. The first-order chi connectivity index (χ1) is 15.8. The molecule has 4 aromatic rings. The number of halogens is 2. The first-order valence-electron chi connectivity index (χ1n) is 9.63. The van der Waals surface area contributed by atoms with Gasteiger partial charge in [0.05, 0.1) is 26.7 Å². The van der Waals surface area contributed by atoms with Crippen LogP contribution in [0, 0.1) is 10.1 Å². The molecule has 33 heavy (non-hydrogen) atoms. The van der Waals surface area contributed by atoms with Crippen molar-refractivity contribution in [1.82, 2.24) is 4.98 Å². The average Bonchev–Trinajstić information content (AvgIpc) is 2.81. The number of ether oxygens (including phenoxy) is 1. The maximum Gasteiger partial charge on any atom is 0.339 e. The minimum Gasteiger partial charge on any atom is -0.454 e. The molecule has 0 aliphatic rings. The SMILES string of the molecule is O=C(COC(=O)c1cc(-c2ccc(Cl)cc2Cl)nc2ccccc12)c1ccc([N+](=O)[O-])cc1. The lowest BCUT2D eigenvalue weighted by atomic mass is 10.0. The second-order valence-corrected chi connectivity index (χ2v) is 7.84. The van der Waals surface area contributed by atoms with Gasteiger partial charge in [0.15, 0.2) is 12.4 Å². The number of non-ortho nitro benzene ring substituents is 1. The van der Waals surface area contributed by atoms with E-state index in [1.54, 1.807) is 48.5 Å². The Bertz CT molecular complexity index is 1400. The summed E-state index contributed by atoms with van der Waals surface area (Å²) in [7, 11) is 0. The lowest BCUT2D eigenvalue weighted by Gasteiger charge is -2.11. The second kappa shape index (κ2) is 9.36. The van der Waals surface area contributed by atoms with Crippen LogP contribution in [-0.4, -0.2) is 28.3 Å². The summed E-state index contributed by atoms with van der Waals surface area (Å²) in [5.74, 6) is -1.20. The van der Waals surface area contributed by atoms with Crippen LogP contribution in [0.4, 0.5) is 5.69 Å². The minimum atomic E-state index is -0.713. The Labute approximate surface area is 197 Å². The maximum absolute atomic E-state index is 12.9. The maximum atomic E-state index is 12.9. The largest absolute Gasteiger partial charge is 0.454 e. The van der Waals surface area contributed by atoms with Crippen LogP contribution >= 0.6 is 23.2 Å². The first-order valence-corrected chi connectivity index (χ1v) is 10.4. The van der Waals surface area contributed by atoms with Crippen molar-refractivity contribution in [2.75, 3.05) is 6.61 Å².